The van der Waals surface area contributed by atoms with E-state index in [1.807, 2.05) is 72.8 Å². The normalized spacial score (nSPS) is 16.1. The van der Waals surface area contributed by atoms with E-state index >= 15 is 0 Å². The van der Waals surface area contributed by atoms with E-state index < -0.39 is 0 Å². The van der Waals surface area contributed by atoms with Crippen LogP contribution in [0.5, 0.6) is 11.5 Å². The third kappa shape index (κ3) is 4.98. The van der Waals surface area contributed by atoms with E-state index in [9.17, 15) is 4.79 Å². The van der Waals surface area contributed by atoms with Crippen LogP contribution in [0.15, 0.2) is 78.9 Å². The molecule has 3 aromatic rings. The molecule has 0 aromatic heterocycles. The second-order valence-corrected chi connectivity index (χ2v) is 7.52. The van der Waals surface area contributed by atoms with E-state index in [-0.39, 0.29) is 18.2 Å². The number of methoxy groups -OCH3 is 1. The lowest BCUT2D eigenvalue weighted by Crippen LogP contribution is -2.49. The Bertz CT molecular complexity index is 1030. The number of anilines is 2. The van der Waals surface area contributed by atoms with E-state index in [0.29, 0.717) is 18.8 Å². The summed E-state index contributed by atoms with van der Waals surface area (Å²) in [6.45, 7) is 3.15. The summed E-state index contributed by atoms with van der Waals surface area (Å²) in [7, 11) is 1.67. The van der Waals surface area contributed by atoms with Gasteiger partial charge in [0.2, 0.25) is 0 Å². The van der Waals surface area contributed by atoms with E-state index in [0.717, 1.165) is 22.7 Å². The molecule has 160 valence electrons. The SMILES string of the molecule is COc1cccc([C@@H](C)NCC2CN(C(=O)Nc3ccccc3)c3ccccc3O2)c1. The summed E-state index contributed by atoms with van der Waals surface area (Å²) in [6, 6.07) is 25.0. The molecule has 1 heterocycles. The van der Waals surface area contributed by atoms with Crippen molar-refractivity contribution in [1.29, 1.82) is 0 Å². The Morgan fingerprint density at radius 3 is 2.68 bits per heavy atom. The molecule has 0 bridgehead atoms. The molecule has 3 aromatic carbocycles. The predicted molar refractivity (Wildman–Crippen MR) is 123 cm³/mol. The summed E-state index contributed by atoms with van der Waals surface area (Å²) in [6.07, 6.45) is -0.176. The number of rotatable bonds is 6. The maximum Gasteiger partial charge on any atom is 0.326 e. The van der Waals surface area contributed by atoms with Crippen molar-refractivity contribution in [2.75, 3.05) is 30.4 Å². The Morgan fingerprint density at radius 2 is 1.87 bits per heavy atom. The number of hydrogen-bond acceptors (Lipinski definition) is 4. The first-order valence-electron chi connectivity index (χ1n) is 10.4. The van der Waals surface area contributed by atoms with Crippen LogP contribution in [0.25, 0.3) is 0 Å². The maximum absolute atomic E-state index is 13.0. The molecule has 4 rings (SSSR count). The molecule has 0 saturated heterocycles. The topological polar surface area (TPSA) is 62.8 Å². The first-order chi connectivity index (χ1) is 15.1. The van der Waals surface area contributed by atoms with Gasteiger partial charge in [-0.2, -0.15) is 0 Å². The number of benzene rings is 3. The molecule has 1 aliphatic rings. The van der Waals surface area contributed by atoms with Gasteiger partial charge in [0.15, 0.2) is 0 Å². The molecule has 0 fully saturated rings. The number of amides is 2. The van der Waals surface area contributed by atoms with Gasteiger partial charge in [0.1, 0.15) is 17.6 Å². The van der Waals surface area contributed by atoms with Crippen molar-refractivity contribution in [2.24, 2.45) is 0 Å². The molecule has 2 atom stereocenters. The van der Waals surface area contributed by atoms with Gasteiger partial charge < -0.3 is 20.1 Å². The number of para-hydroxylation sites is 3. The van der Waals surface area contributed by atoms with Crippen molar-refractivity contribution >= 4 is 17.4 Å². The summed E-state index contributed by atoms with van der Waals surface area (Å²) in [5, 5.41) is 6.49. The fourth-order valence-corrected chi connectivity index (χ4v) is 3.65. The van der Waals surface area contributed by atoms with Crippen LogP contribution in [-0.2, 0) is 0 Å². The zero-order chi connectivity index (χ0) is 21.6. The van der Waals surface area contributed by atoms with Gasteiger partial charge in [0.05, 0.1) is 19.3 Å². The Balaban J connectivity index is 1.45. The highest BCUT2D eigenvalue weighted by Crippen LogP contribution is 2.33. The van der Waals surface area contributed by atoms with E-state index in [4.69, 9.17) is 9.47 Å². The van der Waals surface area contributed by atoms with Crippen LogP contribution in [0.1, 0.15) is 18.5 Å². The van der Waals surface area contributed by atoms with E-state index in [1.54, 1.807) is 12.0 Å². The minimum absolute atomic E-state index is 0.113. The molecule has 2 amide bonds. The number of ether oxygens (including phenoxy) is 2. The maximum atomic E-state index is 13.0. The van der Waals surface area contributed by atoms with Crippen LogP contribution < -0.4 is 25.0 Å². The molecule has 1 aliphatic heterocycles. The van der Waals surface area contributed by atoms with Crippen LogP contribution in [0.3, 0.4) is 0 Å². The number of nitrogens with one attached hydrogen (secondary N) is 2. The minimum atomic E-state index is -0.176. The predicted octanol–water partition coefficient (Wildman–Crippen LogP) is 4.85. The number of carbonyl (C=O) groups is 1. The zero-order valence-electron chi connectivity index (χ0n) is 17.7. The molecule has 6 nitrogen and oxygen atoms in total. The number of urea groups is 1. The first-order valence-corrected chi connectivity index (χ1v) is 10.4. The van der Waals surface area contributed by atoms with Crippen molar-refractivity contribution < 1.29 is 14.3 Å². The van der Waals surface area contributed by atoms with Crippen molar-refractivity contribution in [1.82, 2.24) is 5.32 Å². The summed E-state index contributed by atoms with van der Waals surface area (Å²) in [5.41, 5.74) is 2.67. The largest absolute Gasteiger partial charge is 0.497 e. The quantitative estimate of drug-likeness (QED) is 0.602. The number of fused-ring (bicyclic) bond motifs is 1. The molecule has 2 N–H and O–H groups in total. The lowest BCUT2D eigenvalue weighted by Gasteiger charge is -2.35. The average Bonchev–Trinajstić information content (AvgIpc) is 2.82. The first kappa shape index (κ1) is 20.8. The van der Waals surface area contributed by atoms with Crippen molar-refractivity contribution in [3.63, 3.8) is 0 Å². The van der Waals surface area contributed by atoms with Gasteiger partial charge in [-0.05, 0) is 48.9 Å². The fourth-order valence-electron chi connectivity index (χ4n) is 3.65. The summed E-state index contributed by atoms with van der Waals surface area (Å²) < 4.78 is 11.5. The highest BCUT2D eigenvalue weighted by atomic mass is 16.5. The van der Waals surface area contributed by atoms with Crippen LogP contribution >= 0.6 is 0 Å². The van der Waals surface area contributed by atoms with E-state index in [2.05, 4.69) is 23.6 Å². The summed E-state index contributed by atoms with van der Waals surface area (Å²) >= 11 is 0. The standard InChI is InChI=1S/C25H27N3O3/c1-18(19-9-8-12-21(15-19)30-2)26-16-22-17-28(23-13-6-7-14-24(23)31-22)25(29)27-20-10-4-3-5-11-20/h3-15,18,22,26H,16-17H2,1-2H3,(H,27,29)/t18-,22?/m1/s1. The molecule has 0 radical (unpaired) electrons. The van der Waals surface area contributed by atoms with E-state index in [1.165, 1.54) is 0 Å². The summed E-state index contributed by atoms with van der Waals surface area (Å²) in [4.78, 5) is 14.8. The Morgan fingerprint density at radius 1 is 1.10 bits per heavy atom. The van der Waals surface area contributed by atoms with Crippen molar-refractivity contribution in [3.8, 4) is 11.5 Å². The molecular weight excluding hydrogens is 390 g/mol. The smallest absolute Gasteiger partial charge is 0.326 e. The lowest BCUT2D eigenvalue weighted by atomic mass is 10.1. The molecule has 31 heavy (non-hydrogen) atoms. The molecule has 1 unspecified atom stereocenters. The Labute approximate surface area is 182 Å². The van der Waals surface area contributed by atoms with Gasteiger partial charge in [-0.3, -0.25) is 4.90 Å². The minimum Gasteiger partial charge on any atom is -0.497 e. The van der Waals surface area contributed by atoms with Crippen LogP contribution in [0.4, 0.5) is 16.2 Å². The molecular formula is C25H27N3O3. The van der Waals surface area contributed by atoms with Gasteiger partial charge in [-0.25, -0.2) is 4.79 Å². The second-order valence-electron chi connectivity index (χ2n) is 7.52. The summed E-state index contributed by atoms with van der Waals surface area (Å²) in [5.74, 6) is 1.54. The van der Waals surface area contributed by atoms with Gasteiger partial charge in [0.25, 0.3) is 0 Å². The second kappa shape index (κ2) is 9.53. The monoisotopic (exact) mass is 417 g/mol. The van der Waals surface area contributed by atoms with Gasteiger partial charge in [-0.1, -0.05) is 42.5 Å². The molecule has 0 spiro atoms. The average molecular weight is 418 g/mol. The van der Waals surface area contributed by atoms with Crippen LogP contribution in [-0.4, -0.2) is 32.3 Å². The molecule has 6 heteroatoms. The molecule has 0 saturated carbocycles. The van der Waals surface area contributed by atoms with Crippen molar-refractivity contribution in [2.45, 2.75) is 19.1 Å². The fraction of sp³-hybridized carbons (Fsp3) is 0.240. The van der Waals surface area contributed by atoms with Crippen LogP contribution in [0, 0.1) is 0 Å². The third-order valence-electron chi connectivity index (χ3n) is 5.35. The van der Waals surface area contributed by atoms with Gasteiger partial charge in [-0.15, -0.1) is 0 Å². The highest BCUT2D eigenvalue weighted by Gasteiger charge is 2.30. The number of carbonyl (C=O) groups excluding carboxylic acids is 1. The zero-order valence-corrected chi connectivity index (χ0v) is 17.7. The van der Waals surface area contributed by atoms with Gasteiger partial charge >= 0.3 is 6.03 Å². The highest BCUT2D eigenvalue weighted by molar-refractivity contribution is 6.03. The number of hydrogen-bond donors (Lipinski definition) is 2. The number of nitrogens with zero attached hydrogens (tertiary/aromatic N) is 1. The Kier molecular flexibility index (Phi) is 6.38. The third-order valence-corrected chi connectivity index (χ3v) is 5.35. The molecule has 0 aliphatic carbocycles. The van der Waals surface area contributed by atoms with Crippen LogP contribution in [0.2, 0.25) is 0 Å². The lowest BCUT2D eigenvalue weighted by molar-refractivity contribution is 0.185. The van der Waals surface area contributed by atoms with Crippen molar-refractivity contribution in [3.05, 3.63) is 84.4 Å². The Hall–Kier alpha value is -3.51. The van der Waals surface area contributed by atoms with Gasteiger partial charge in [0, 0.05) is 18.3 Å².